The van der Waals surface area contributed by atoms with E-state index in [0.717, 1.165) is 19.1 Å². The number of amides is 4. The minimum atomic E-state index is -4.81. The highest BCUT2D eigenvalue weighted by Crippen LogP contribution is 2.47. The molecule has 0 radical (unpaired) electrons. The summed E-state index contributed by atoms with van der Waals surface area (Å²) in [6, 6.07) is 5.61. The van der Waals surface area contributed by atoms with Crippen molar-refractivity contribution in [2.45, 2.75) is 64.0 Å². The van der Waals surface area contributed by atoms with E-state index < -0.39 is 59.5 Å². The molecule has 0 bridgehead atoms. The molecule has 2 fully saturated rings. The van der Waals surface area contributed by atoms with Gasteiger partial charge in [-0.2, -0.15) is 13.2 Å². The first-order chi connectivity index (χ1) is 19.7. The van der Waals surface area contributed by atoms with Gasteiger partial charge in [-0.3, -0.25) is 14.4 Å². The molecule has 2 unspecified atom stereocenters. The van der Waals surface area contributed by atoms with Gasteiger partial charge in [0.15, 0.2) is 0 Å². The van der Waals surface area contributed by atoms with E-state index in [-0.39, 0.29) is 17.9 Å². The summed E-state index contributed by atoms with van der Waals surface area (Å²) in [6.07, 6.45) is -5.55. The number of alkyl halides is 3. The highest BCUT2D eigenvalue weighted by Gasteiger charge is 2.60. The number of halogens is 4. The van der Waals surface area contributed by atoms with Gasteiger partial charge in [-0.1, -0.05) is 18.2 Å². The number of nitrogens with zero attached hydrogens (tertiary/aromatic N) is 2. The van der Waals surface area contributed by atoms with Crippen LogP contribution in [0.25, 0.3) is 0 Å². The van der Waals surface area contributed by atoms with Crippen molar-refractivity contribution >= 4 is 29.5 Å². The number of rotatable bonds is 7. The van der Waals surface area contributed by atoms with E-state index in [9.17, 15) is 36.7 Å². The molecule has 2 aromatic carbocycles. The smallest absolute Gasteiger partial charge is 0.418 e. The van der Waals surface area contributed by atoms with Gasteiger partial charge in [0.2, 0.25) is 17.4 Å². The molecule has 1 aliphatic carbocycles. The van der Waals surface area contributed by atoms with E-state index in [4.69, 9.17) is 4.74 Å². The number of aryl methyl sites for hydroxylation is 1. The van der Waals surface area contributed by atoms with Gasteiger partial charge >= 0.3 is 12.3 Å². The number of hydrogen-bond donors (Lipinski definition) is 2. The topological polar surface area (TPSA) is 108 Å². The van der Waals surface area contributed by atoms with Crippen molar-refractivity contribution in [3.8, 4) is 0 Å². The fraction of sp³-hybridized carbons (Fsp3) is 0.448. The van der Waals surface area contributed by atoms with Crippen molar-refractivity contribution in [3.63, 3.8) is 0 Å². The number of imide groups is 1. The van der Waals surface area contributed by atoms with Crippen LogP contribution in [0.3, 0.4) is 0 Å². The lowest BCUT2D eigenvalue weighted by Gasteiger charge is -2.37. The number of benzene rings is 2. The first-order valence-corrected chi connectivity index (χ1v) is 13.5. The summed E-state index contributed by atoms with van der Waals surface area (Å²) in [5, 5.41) is 5.93. The van der Waals surface area contributed by atoms with Crippen LogP contribution in [0.1, 0.15) is 43.9 Å². The summed E-state index contributed by atoms with van der Waals surface area (Å²) >= 11 is 0. The van der Waals surface area contributed by atoms with Crippen LogP contribution in [-0.2, 0) is 37.7 Å². The largest absolute Gasteiger partial charge is 0.427 e. The molecule has 2 heterocycles. The van der Waals surface area contributed by atoms with Gasteiger partial charge in [-0.05, 0) is 62.6 Å². The summed E-state index contributed by atoms with van der Waals surface area (Å²) in [7, 11) is 0. The van der Waals surface area contributed by atoms with Crippen LogP contribution in [0.2, 0.25) is 0 Å². The average molecular weight is 591 g/mol. The Morgan fingerprint density at radius 3 is 2.38 bits per heavy atom. The van der Waals surface area contributed by atoms with Crippen LogP contribution < -0.4 is 10.6 Å². The minimum absolute atomic E-state index is 0.0710. The van der Waals surface area contributed by atoms with E-state index in [2.05, 4.69) is 10.6 Å². The molecular formula is C29H30F4N4O5. The second-order valence-electron chi connectivity index (χ2n) is 11.3. The van der Waals surface area contributed by atoms with E-state index in [1.54, 1.807) is 18.2 Å². The van der Waals surface area contributed by atoms with Crippen molar-refractivity contribution in [2.75, 3.05) is 18.4 Å². The number of ether oxygens (including phenoxy) is 1. The summed E-state index contributed by atoms with van der Waals surface area (Å²) in [6.45, 7) is 4.38. The van der Waals surface area contributed by atoms with Gasteiger partial charge in [0, 0.05) is 37.3 Å². The summed E-state index contributed by atoms with van der Waals surface area (Å²) in [5.41, 5.74) is -0.465. The molecule has 224 valence electrons. The Labute approximate surface area is 239 Å². The van der Waals surface area contributed by atoms with Crippen molar-refractivity contribution < 1.29 is 41.5 Å². The van der Waals surface area contributed by atoms with Crippen LogP contribution >= 0.6 is 0 Å². The Balaban J connectivity index is 1.38. The molecule has 0 aromatic heterocycles. The van der Waals surface area contributed by atoms with Gasteiger partial charge in [0.05, 0.1) is 5.41 Å². The maximum atomic E-state index is 13.8. The summed E-state index contributed by atoms with van der Waals surface area (Å²) in [5.74, 6) is -2.73. The first kappa shape index (κ1) is 29.5. The molecule has 5 rings (SSSR count). The lowest BCUT2D eigenvalue weighted by atomic mass is 9.83. The molecule has 9 nitrogen and oxygen atoms in total. The van der Waals surface area contributed by atoms with Crippen molar-refractivity contribution in [3.05, 3.63) is 65.0 Å². The number of nitrogens with one attached hydrogen (secondary N) is 2. The molecule has 1 spiro atoms. The van der Waals surface area contributed by atoms with Crippen LogP contribution in [0.5, 0.6) is 0 Å². The molecule has 3 atom stereocenters. The third kappa shape index (κ3) is 4.99. The van der Waals surface area contributed by atoms with Gasteiger partial charge in [0.1, 0.15) is 17.9 Å². The maximum absolute atomic E-state index is 13.8. The van der Waals surface area contributed by atoms with Crippen molar-refractivity contribution in [1.82, 2.24) is 15.1 Å². The zero-order valence-corrected chi connectivity index (χ0v) is 23.2. The molecule has 13 heteroatoms. The van der Waals surface area contributed by atoms with E-state index in [1.807, 2.05) is 6.92 Å². The van der Waals surface area contributed by atoms with Crippen LogP contribution in [-0.4, -0.2) is 65.0 Å². The zero-order valence-electron chi connectivity index (χ0n) is 23.2. The third-order valence-corrected chi connectivity index (χ3v) is 8.38. The van der Waals surface area contributed by atoms with E-state index in [1.165, 1.54) is 19.1 Å². The highest BCUT2D eigenvalue weighted by atomic mass is 19.4. The molecule has 2 N–H and O–H groups in total. The number of carbonyl (C=O) groups is 4. The molecule has 42 heavy (non-hydrogen) atoms. The van der Waals surface area contributed by atoms with Gasteiger partial charge < -0.3 is 20.3 Å². The molecule has 0 saturated carbocycles. The van der Waals surface area contributed by atoms with Gasteiger partial charge in [-0.25, -0.2) is 14.1 Å². The summed E-state index contributed by atoms with van der Waals surface area (Å²) in [4.78, 5) is 54.0. The predicted octanol–water partition coefficient (Wildman–Crippen LogP) is 3.86. The van der Waals surface area contributed by atoms with Crippen LogP contribution in [0.4, 0.5) is 28.0 Å². The normalized spacial score (nSPS) is 22.3. The Hall–Kier alpha value is -4.00. The molecular weight excluding hydrogens is 560 g/mol. The van der Waals surface area contributed by atoms with Crippen LogP contribution in [0, 0.1) is 11.2 Å². The Morgan fingerprint density at radius 2 is 1.79 bits per heavy atom. The Bertz CT molecular complexity index is 1440. The van der Waals surface area contributed by atoms with Gasteiger partial charge in [-0.15, -0.1) is 0 Å². The molecule has 2 aliphatic heterocycles. The number of hydrogen-bond acceptors (Lipinski definition) is 6. The zero-order chi connectivity index (χ0) is 30.6. The SMILES string of the molecule is CC(C(=O)N(Cc1ccc(F)cc1)[C@@H](C)C(F)(F)F)N1C(=O)OC2(CCc3cc(NC(=O)C4(C)CNC4)ccc32)C1=O. The predicted molar refractivity (Wildman–Crippen MR) is 141 cm³/mol. The second-order valence-corrected chi connectivity index (χ2v) is 11.3. The maximum Gasteiger partial charge on any atom is 0.418 e. The molecule has 4 amide bonds. The van der Waals surface area contributed by atoms with E-state index >= 15 is 0 Å². The lowest BCUT2D eigenvalue weighted by molar-refractivity contribution is -0.189. The number of fused-ring (bicyclic) bond motifs is 2. The third-order valence-electron chi connectivity index (χ3n) is 8.38. The van der Waals surface area contributed by atoms with Crippen molar-refractivity contribution in [2.24, 2.45) is 5.41 Å². The standard InChI is InChI=1S/C29H30F4N4O5/c1-16(23(38)36(17(2)29(31,32)33)13-18-4-6-20(30)7-5-18)37-25(40)28(42-26(37)41)11-10-19-12-21(8-9-22(19)28)35-24(39)27(3)14-34-15-27/h4-9,12,16-17,34H,10-11,13-15H2,1-3H3,(H,35,39)/t16?,17-,28?/m0/s1. The number of anilines is 1. The Morgan fingerprint density at radius 1 is 1.12 bits per heavy atom. The molecule has 2 saturated heterocycles. The highest BCUT2D eigenvalue weighted by molar-refractivity contribution is 6.07. The molecule has 3 aliphatic rings. The van der Waals surface area contributed by atoms with Crippen LogP contribution in [0.15, 0.2) is 42.5 Å². The first-order valence-electron chi connectivity index (χ1n) is 13.5. The van der Waals surface area contributed by atoms with Crippen molar-refractivity contribution in [1.29, 1.82) is 0 Å². The summed E-state index contributed by atoms with van der Waals surface area (Å²) < 4.78 is 60.3. The minimum Gasteiger partial charge on any atom is -0.427 e. The quantitative estimate of drug-likeness (QED) is 0.475. The lowest BCUT2D eigenvalue weighted by Crippen LogP contribution is -2.58. The monoisotopic (exact) mass is 590 g/mol. The number of carbonyl (C=O) groups excluding carboxylic acids is 4. The average Bonchev–Trinajstić information content (AvgIpc) is 3.40. The molecule has 2 aromatic rings. The Kier molecular flexibility index (Phi) is 7.28. The van der Waals surface area contributed by atoms with Gasteiger partial charge in [0.25, 0.3) is 5.91 Å². The fourth-order valence-electron chi connectivity index (χ4n) is 5.56. The second kappa shape index (κ2) is 10.4. The fourth-order valence-corrected chi connectivity index (χ4v) is 5.56. The van der Waals surface area contributed by atoms with E-state index in [0.29, 0.717) is 46.1 Å².